The maximum Gasteiger partial charge on any atom is 0.306 e. The fraction of sp³-hybridized carbons (Fsp3) is 0.965. The van der Waals surface area contributed by atoms with Crippen LogP contribution in [0.2, 0.25) is 0 Å². The van der Waals surface area contributed by atoms with Gasteiger partial charge in [0.25, 0.3) is 0 Å². The summed E-state index contributed by atoms with van der Waals surface area (Å²) < 4.78 is 5.96. The van der Waals surface area contributed by atoms with Gasteiger partial charge in [0.2, 0.25) is 5.91 Å². The highest BCUT2D eigenvalue weighted by atomic mass is 16.5. The monoisotopic (exact) mass is 892 g/mol. The molecule has 1 amide bonds. The largest absolute Gasteiger partial charge is 0.462 e. The average Bonchev–Trinajstić information content (AvgIpc) is 3.28. The van der Waals surface area contributed by atoms with Crippen LogP contribution in [0.1, 0.15) is 329 Å². The van der Waals surface area contributed by atoms with Gasteiger partial charge in [-0.25, -0.2) is 0 Å². The number of rotatable bonds is 53. The lowest BCUT2D eigenvalue weighted by atomic mass is 10.0. The van der Waals surface area contributed by atoms with E-state index in [1.807, 2.05) is 0 Å². The quantitative estimate of drug-likeness (QED) is 0.0418. The van der Waals surface area contributed by atoms with Gasteiger partial charge in [-0.05, 0) is 25.7 Å². The van der Waals surface area contributed by atoms with Gasteiger partial charge in [0.15, 0.2) is 0 Å². The molecule has 0 aromatic rings. The van der Waals surface area contributed by atoms with Gasteiger partial charge in [-0.1, -0.05) is 290 Å². The van der Waals surface area contributed by atoms with Crippen LogP contribution in [0, 0.1) is 0 Å². The summed E-state index contributed by atoms with van der Waals surface area (Å²) in [6.07, 6.45) is 57.4. The Bertz CT molecular complexity index is 913. The molecule has 3 unspecified atom stereocenters. The van der Waals surface area contributed by atoms with Crippen molar-refractivity contribution in [3.63, 3.8) is 0 Å². The Kier molecular flexibility index (Phi) is 50.9. The number of amides is 1. The van der Waals surface area contributed by atoms with Crippen LogP contribution >= 0.6 is 0 Å². The van der Waals surface area contributed by atoms with E-state index in [1.165, 1.54) is 244 Å². The number of carbonyl (C=O) groups is 2. The van der Waals surface area contributed by atoms with E-state index in [2.05, 4.69) is 26.1 Å². The summed E-state index contributed by atoms with van der Waals surface area (Å²) in [5, 5.41) is 23.9. The molecule has 63 heavy (non-hydrogen) atoms. The molecular formula is C57H113NO5. The van der Waals surface area contributed by atoms with Crippen molar-refractivity contribution < 1.29 is 24.5 Å². The van der Waals surface area contributed by atoms with E-state index >= 15 is 0 Å². The summed E-state index contributed by atoms with van der Waals surface area (Å²) in [5.41, 5.74) is 0. The maximum absolute atomic E-state index is 13.2. The van der Waals surface area contributed by atoms with Crippen LogP contribution in [0.3, 0.4) is 0 Å². The van der Waals surface area contributed by atoms with Gasteiger partial charge < -0.3 is 20.3 Å². The van der Waals surface area contributed by atoms with E-state index < -0.39 is 18.2 Å². The molecule has 0 bridgehead atoms. The van der Waals surface area contributed by atoms with Crippen molar-refractivity contribution in [2.24, 2.45) is 0 Å². The molecule has 0 aliphatic heterocycles. The number of aliphatic hydroxyl groups is 2. The first-order chi connectivity index (χ1) is 31.0. The molecule has 376 valence electrons. The zero-order valence-corrected chi connectivity index (χ0v) is 43.0. The number of hydrogen-bond donors (Lipinski definition) is 3. The average molecular weight is 893 g/mol. The lowest BCUT2D eigenvalue weighted by Crippen LogP contribution is -2.46. The summed E-state index contributed by atoms with van der Waals surface area (Å²) >= 11 is 0. The summed E-state index contributed by atoms with van der Waals surface area (Å²) in [5.74, 6) is -0.446. The summed E-state index contributed by atoms with van der Waals surface area (Å²) in [4.78, 5) is 26.2. The van der Waals surface area contributed by atoms with Crippen molar-refractivity contribution in [2.45, 2.75) is 347 Å². The molecule has 6 heteroatoms. The normalized spacial score (nSPS) is 13.0. The van der Waals surface area contributed by atoms with Crippen molar-refractivity contribution in [1.82, 2.24) is 5.32 Å². The van der Waals surface area contributed by atoms with E-state index in [0.29, 0.717) is 19.3 Å². The van der Waals surface area contributed by atoms with Gasteiger partial charge in [-0.15, -0.1) is 0 Å². The number of carbonyl (C=O) groups excluding carboxylic acids is 2. The van der Waals surface area contributed by atoms with Gasteiger partial charge in [-0.2, -0.15) is 0 Å². The second-order valence-electron chi connectivity index (χ2n) is 20.1. The first-order valence-electron chi connectivity index (χ1n) is 28.8. The first-order valence-corrected chi connectivity index (χ1v) is 28.8. The van der Waals surface area contributed by atoms with Crippen LogP contribution in [-0.2, 0) is 14.3 Å². The molecule has 0 aliphatic rings. The third kappa shape index (κ3) is 47.2. The highest BCUT2D eigenvalue weighted by Crippen LogP contribution is 2.19. The van der Waals surface area contributed by atoms with E-state index in [0.717, 1.165) is 38.5 Å². The minimum atomic E-state index is -0.780. The Hall–Kier alpha value is -1.14. The second-order valence-corrected chi connectivity index (χ2v) is 20.1. The number of nitrogens with one attached hydrogen (secondary N) is 1. The summed E-state index contributed by atoms with van der Waals surface area (Å²) in [6, 6.07) is -0.692. The molecule has 0 aromatic carbocycles. The predicted octanol–water partition coefficient (Wildman–Crippen LogP) is 17.5. The Morgan fingerprint density at radius 2 is 0.667 bits per heavy atom. The molecule has 0 spiro atoms. The zero-order chi connectivity index (χ0) is 45.9. The van der Waals surface area contributed by atoms with E-state index in [9.17, 15) is 19.8 Å². The van der Waals surface area contributed by atoms with Crippen molar-refractivity contribution >= 4 is 11.9 Å². The Balaban J connectivity index is 4.40. The standard InChI is InChI=1S/C57H113NO5/c1-4-7-10-13-16-19-22-24-26-27-28-30-32-35-38-41-44-47-50-57(62)63-53(48-45-42-39-36-33-21-18-15-12-9-6-3)51-56(61)58-54(52-59)55(60)49-46-43-40-37-34-31-29-25-23-20-17-14-11-8-5-2/h53-55,59-60H,4-52H2,1-3H3,(H,58,61). The van der Waals surface area contributed by atoms with Gasteiger partial charge in [0.1, 0.15) is 6.10 Å². The van der Waals surface area contributed by atoms with Crippen LogP contribution in [0.15, 0.2) is 0 Å². The van der Waals surface area contributed by atoms with E-state index in [1.54, 1.807) is 0 Å². The molecule has 3 atom stereocenters. The van der Waals surface area contributed by atoms with E-state index in [-0.39, 0.29) is 24.9 Å². The molecule has 0 saturated carbocycles. The van der Waals surface area contributed by atoms with Gasteiger partial charge in [0.05, 0.1) is 25.2 Å². The van der Waals surface area contributed by atoms with Crippen LogP contribution in [-0.4, -0.2) is 46.9 Å². The molecule has 0 radical (unpaired) electrons. The second kappa shape index (κ2) is 51.8. The van der Waals surface area contributed by atoms with Crippen molar-refractivity contribution in [1.29, 1.82) is 0 Å². The molecule has 0 rings (SSSR count). The number of aliphatic hydroxyl groups excluding tert-OH is 2. The Morgan fingerprint density at radius 3 is 0.968 bits per heavy atom. The molecule has 0 aromatic heterocycles. The molecule has 3 N–H and O–H groups in total. The smallest absolute Gasteiger partial charge is 0.306 e. The van der Waals surface area contributed by atoms with Gasteiger partial charge >= 0.3 is 5.97 Å². The molecule has 0 fully saturated rings. The number of hydrogen-bond acceptors (Lipinski definition) is 5. The first kappa shape index (κ1) is 61.9. The summed E-state index contributed by atoms with van der Waals surface area (Å²) in [7, 11) is 0. The molecular weight excluding hydrogens is 779 g/mol. The lowest BCUT2D eigenvalue weighted by molar-refractivity contribution is -0.151. The van der Waals surface area contributed by atoms with Gasteiger partial charge in [0, 0.05) is 6.42 Å². The third-order valence-corrected chi connectivity index (χ3v) is 13.7. The predicted molar refractivity (Wildman–Crippen MR) is 274 cm³/mol. The number of esters is 1. The fourth-order valence-corrected chi connectivity index (χ4v) is 9.32. The minimum absolute atomic E-state index is 0.0881. The number of ether oxygens (including phenoxy) is 1. The maximum atomic E-state index is 13.2. The Labute approximate surface area is 394 Å². The minimum Gasteiger partial charge on any atom is -0.462 e. The zero-order valence-electron chi connectivity index (χ0n) is 43.0. The van der Waals surface area contributed by atoms with Gasteiger partial charge in [-0.3, -0.25) is 9.59 Å². The molecule has 0 aliphatic carbocycles. The van der Waals surface area contributed by atoms with Crippen molar-refractivity contribution in [3.8, 4) is 0 Å². The van der Waals surface area contributed by atoms with Crippen LogP contribution in [0.4, 0.5) is 0 Å². The van der Waals surface area contributed by atoms with Crippen LogP contribution in [0.5, 0.6) is 0 Å². The third-order valence-electron chi connectivity index (χ3n) is 13.7. The van der Waals surface area contributed by atoms with Crippen molar-refractivity contribution in [3.05, 3.63) is 0 Å². The molecule has 0 heterocycles. The van der Waals surface area contributed by atoms with Crippen molar-refractivity contribution in [2.75, 3.05) is 6.61 Å². The highest BCUT2D eigenvalue weighted by Gasteiger charge is 2.24. The molecule has 0 saturated heterocycles. The Morgan fingerprint density at radius 1 is 0.397 bits per heavy atom. The van der Waals surface area contributed by atoms with Crippen LogP contribution < -0.4 is 5.32 Å². The van der Waals surface area contributed by atoms with Crippen LogP contribution in [0.25, 0.3) is 0 Å². The SMILES string of the molecule is CCCCCCCCCCCCCCCCCCCCC(=O)OC(CCCCCCCCCCCCC)CC(=O)NC(CO)C(O)CCCCCCCCCCCCCCCCC. The number of unbranched alkanes of at least 4 members (excludes halogenated alkanes) is 41. The molecule has 6 nitrogen and oxygen atoms in total. The highest BCUT2D eigenvalue weighted by molar-refractivity contribution is 5.77. The lowest BCUT2D eigenvalue weighted by Gasteiger charge is -2.24. The summed E-state index contributed by atoms with van der Waals surface area (Å²) in [6.45, 7) is 6.53. The van der Waals surface area contributed by atoms with E-state index in [4.69, 9.17) is 4.74 Å². The fourth-order valence-electron chi connectivity index (χ4n) is 9.32. The topological polar surface area (TPSA) is 95.9 Å².